The summed E-state index contributed by atoms with van der Waals surface area (Å²) >= 11 is 0. The molecule has 3 nitrogen and oxygen atoms in total. The van der Waals surface area contributed by atoms with Gasteiger partial charge in [-0.3, -0.25) is 4.99 Å². The molecule has 0 bridgehead atoms. The van der Waals surface area contributed by atoms with E-state index in [1.165, 1.54) is 5.69 Å². The number of anilines is 1. The van der Waals surface area contributed by atoms with E-state index >= 15 is 0 Å². The minimum atomic E-state index is 0.983. The fraction of sp³-hybridized carbons (Fsp3) is 0.312. The van der Waals surface area contributed by atoms with Gasteiger partial charge in [0.25, 0.3) is 0 Å². The molecule has 0 aliphatic carbocycles. The summed E-state index contributed by atoms with van der Waals surface area (Å²) in [6.45, 7) is 6.40. The summed E-state index contributed by atoms with van der Waals surface area (Å²) in [5.74, 6) is 0. The van der Waals surface area contributed by atoms with Crippen LogP contribution in [0.4, 0.5) is 11.4 Å². The van der Waals surface area contributed by atoms with E-state index in [9.17, 15) is 0 Å². The van der Waals surface area contributed by atoms with Crippen LogP contribution in [0.5, 0.6) is 0 Å². The van der Waals surface area contributed by atoms with Crippen molar-refractivity contribution in [3.05, 3.63) is 48.3 Å². The highest BCUT2D eigenvalue weighted by Crippen LogP contribution is 2.19. The van der Waals surface area contributed by atoms with Gasteiger partial charge in [0.2, 0.25) is 0 Å². The first kappa shape index (κ1) is 13.4. The molecule has 0 saturated carbocycles. The van der Waals surface area contributed by atoms with Gasteiger partial charge in [-0.15, -0.1) is 0 Å². The molecule has 1 aromatic heterocycles. The molecule has 0 fully saturated rings. The van der Waals surface area contributed by atoms with Crippen LogP contribution in [0, 0.1) is 0 Å². The maximum Gasteiger partial charge on any atom is 0.0632 e. The van der Waals surface area contributed by atoms with E-state index in [2.05, 4.69) is 48.0 Å². The van der Waals surface area contributed by atoms with Gasteiger partial charge in [0, 0.05) is 32.0 Å². The van der Waals surface area contributed by atoms with E-state index in [1.807, 2.05) is 36.2 Å². The number of aryl methyl sites for hydroxylation is 1. The van der Waals surface area contributed by atoms with Crippen LogP contribution in [0.3, 0.4) is 0 Å². The van der Waals surface area contributed by atoms with E-state index < -0.39 is 0 Å². The molecule has 0 aliphatic heterocycles. The molecule has 0 amide bonds. The molecule has 1 heterocycles. The van der Waals surface area contributed by atoms with Crippen molar-refractivity contribution >= 4 is 17.6 Å². The highest BCUT2D eigenvalue weighted by atomic mass is 15.1. The van der Waals surface area contributed by atoms with E-state index in [0.717, 1.165) is 24.5 Å². The van der Waals surface area contributed by atoms with Gasteiger partial charge in [0.05, 0.1) is 17.6 Å². The Labute approximate surface area is 115 Å². The van der Waals surface area contributed by atoms with E-state index in [4.69, 9.17) is 0 Å². The predicted molar refractivity (Wildman–Crippen MR) is 82.7 cm³/mol. The molecule has 100 valence electrons. The largest absolute Gasteiger partial charge is 0.372 e. The van der Waals surface area contributed by atoms with Gasteiger partial charge >= 0.3 is 0 Å². The Morgan fingerprint density at radius 2 is 1.79 bits per heavy atom. The zero-order chi connectivity index (χ0) is 13.7. The van der Waals surface area contributed by atoms with Crippen molar-refractivity contribution in [2.45, 2.75) is 13.8 Å². The summed E-state index contributed by atoms with van der Waals surface area (Å²) in [5, 5.41) is 0. The van der Waals surface area contributed by atoms with Crippen molar-refractivity contribution in [2.75, 3.05) is 18.0 Å². The Morgan fingerprint density at radius 1 is 1.11 bits per heavy atom. The van der Waals surface area contributed by atoms with E-state index in [-0.39, 0.29) is 0 Å². The summed E-state index contributed by atoms with van der Waals surface area (Å²) in [6.07, 6.45) is 3.91. The van der Waals surface area contributed by atoms with Gasteiger partial charge in [0.1, 0.15) is 0 Å². The third-order valence-corrected chi connectivity index (χ3v) is 3.31. The average Bonchev–Trinajstić information content (AvgIpc) is 2.85. The van der Waals surface area contributed by atoms with Crippen LogP contribution < -0.4 is 4.90 Å². The summed E-state index contributed by atoms with van der Waals surface area (Å²) < 4.78 is 2.05. The smallest absolute Gasteiger partial charge is 0.0632 e. The van der Waals surface area contributed by atoms with Crippen molar-refractivity contribution in [1.29, 1.82) is 0 Å². The molecule has 0 unspecified atom stereocenters. The van der Waals surface area contributed by atoms with Crippen molar-refractivity contribution in [2.24, 2.45) is 12.0 Å². The number of hydrogen-bond donors (Lipinski definition) is 0. The second-order valence-corrected chi connectivity index (χ2v) is 4.49. The molecule has 0 aliphatic rings. The van der Waals surface area contributed by atoms with E-state index in [0.29, 0.717) is 0 Å². The lowest BCUT2D eigenvalue weighted by atomic mass is 10.2. The molecule has 3 heteroatoms. The third-order valence-electron chi connectivity index (χ3n) is 3.31. The Kier molecular flexibility index (Phi) is 4.39. The van der Waals surface area contributed by atoms with Crippen LogP contribution >= 0.6 is 0 Å². The lowest BCUT2D eigenvalue weighted by Gasteiger charge is -2.20. The number of hydrogen-bond acceptors (Lipinski definition) is 2. The highest BCUT2D eigenvalue weighted by Gasteiger charge is 2.00. The van der Waals surface area contributed by atoms with Gasteiger partial charge in [-0.2, -0.15) is 0 Å². The number of benzene rings is 1. The van der Waals surface area contributed by atoms with Crippen LogP contribution in [-0.4, -0.2) is 23.9 Å². The van der Waals surface area contributed by atoms with Gasteiger partial charge < -0.3 is 9.47 Å². The molecule has 0 N–H and O–H groups in total. The minimum absolute atomic E-state index is 0.983. The maximum atomic E-state index is 4.50. The quantitative estimate of drug-likeness (QED) is 0.747. The van der Waals surface area contributed by atoms with Crippen LogP contribution in [-0.2, 0) is 7.05 Å². The van der Waals surface area contributed by atoms with Crippen molar-refractivity contribution in [3.63, 3.8) is 0 Å². The van der Waals surface area contributed by atoms with Crippen LogP contribution in [0.2, 0.25) is 0 Å². The predicted octanol–water partition coefficient (Wildman–Crippen LogP) is 3.62. The van der Waals surface area contributed by atoms with Crippen molar-refractivity contribution in [3.8, 4) is 0 Å². The molecule has 2 aromatic rings. The number of nitrogens with zero attached hydrogens (tertiary/aromatic N) is 3. The summed E-state index contributed by atoms with van der Waals surface area (Å²) in [5.41, 5.74) is 3.34. The van der Waals surface area contributed by atoms with Crippen molar-refractivity contribution in [1.82, 2.24) is 4.57 Å². The standard InChI is InChI=1S/C16H21N3/c1-4-19(5-2)15-10-8-14(9-11-15)17-13-16-7-6-12-18(16)3/h6-13H,4-5H2,1-3H3. The molecule has 19 heavy (non-hydrogen) atoms. The second-order valence-electron chi connectivity index (χ2n) is 4.49. The molecule has 0 saturated heterocycles. The molecule has 2 rings (SSSR count). The van der Waals surface area contributed by atoms with Gasteiger partial charge in [-0.05, 0) is 50.2 Å². The molecule has 0 atom stereocenters. The average molecular weight is 255 g/mol. The fourth-order valence-corrected chi connectivity index (χ4v) is 2.09. The Hall–Kier alpha value is -2.03. The van der Waals surface area contributed by atoms with Crippen molar-refractivity contribution < 1.29 is 0 Å². The Balaban J connectivity index is 2.11. The number of aliphatic imine (C=N–C) groups is 1. The topological polar surface area (TPSA) is 20.5 Å². The lowest BCUT2D eigenvalue weighted by Crippen LogP contribution is -2.21. The first-order valence-electron chi connectivity index (χ1n) is 6.75. The molecule has 1 aromatic carbocycles. The lowest BCUT2D eigenvalue weighted by molar-refractivity contribution is 0.866. The summed E-state index contributed by atoms with van der Waals surface area (Å²) in [4.78, 5) is 6.82. The Bertz CT molecular complexity index is 533. The monoisotopic (exact) mass is 255 g/mol. The fourth-order valence-electron chi connectivity index (χ4n) is 2.09. The summed E-state index contributed by atoms with van der Waals surface area (Å²) in [7, 11) is 2.02. The molecular formula is C16H21N3. The summed E-state index contributed by atoms with van der Waals surface area (Å²) in [6, 6.07) is 12.5. The van der Waals surface area contributed by atoms with Gasteiger partial charge in [-0.25, -0.2) is 0 Å². The molecule has 0 radical (unpaired) electrons. The zero-order valence-corrected chi connectivity index (χ0v) is 11.9. The number of aromatic nitrogens is 1. The van der Waals surface area contributed by atoms with Crippen LogP contribution in [0.15, 0.2) is 47.6 Å². The highest BCUT2D eigenvalue weighted by molar-refractivity contribution is 5.80. The maximum absolute atomic E-state index is 4.50. The third kappa shape index (κ3) is 3.25. The second kappa shape index (κ2) is 6.23. The zero-order valence-electron chi connectivity index (χ0n) is 11.9. The van der Waals surface area contributed by atoms with Crippen LogP contribution in [0.1, 0.15) is 19.5 Å². The van der Waals surface area contributed by atoms with Gasteiger partial charge in [-0.1, -0.05) is 0 Å². The van der Waals surface area contributed by atoms with E-state index in [1.54, 1.807) is 0 Å². The normalized spacial score (nSPS) is 11.1. The Morgan fingerprint density at radius 3 is 2.32 bits per heavy atom. The van der Waals surface area contributed by atoms with Crippen LogP contribution in [0.25, 0.3) is 0 Å². The minimum Gasteiger partial charge on any atom is -0.372 e. The first-order valence-corrected chi connectivity index (χ1v) is 6.75. The molecular weight excluding hydrogens is 234 g/mol. The SMILES string of the molecule is CCN(CC)c1ccc(N=Cc2cccn2C)cc1. The first-order chi connectivity index (χ1) is 9.24. The van der Waals surface area contributed by atoms with Gasteiger partial charge in [0.15, 0.2) is 0 Å². The molecule has 0 spiro atoms. The number of rotatable bonds is 5.